The van der Waals surface area contributed by atoms with Gasteiger partial charge < -0.3 is 10.2 Å². The number of fused-ring (bicyclic) bond motifs is 1. The number of Topliss-reactive ketones (excluding diaryl/α,β-unsaturated/α-hetero) is 1. The van der Waals surface area contributed by atoms with Crippen molar-refractivity contribution in [2.45, 2.75) is 12.8 Å². The van der Waals surface area contributed by atoms with Crippen LogP contribution < -0.4 is 5.32 Å². The second-order valence-electron chi connectivity index (χ2n) is 5.01. The van der Waals surface area contributed by atoms with Crippen LogP contribution >= 0.6 is 11.3 Å². The van der Waals surface area contributed by atoms with E-state index in [2.05, 4.69) is 15.6 Å². The van der Waals surface area contributed by atoms with E-state index < -0.39 is 0 Å². The number of rotatable bonds is 2. The van der Waals surface area contributed by atoms with E-state index in [1.165, 1.54) is 4.88 Å². The summed E-state index contributed by atoms with van der Waals surface area (Å²) in [4.78, 5) is 15.8. The van der Waals surface area contributed by atoms with Gasteiger partial charge in [-0.15, -0.1) is 11.3 Å². The molecule has 4 heteroatoms. The minimum Gasteiger partial charge on any atom is -0.314 e. The lowest BCUT2D eigenvalue weighted by molar-refractivity contribution is 0.0928. The van der Waals surface area contributed by atoms with E-state index in [1.54, 1.807) is 11.3 Å². The molecule has 1 fully saturated rings. The lowest BCUT2D eigenvalue weighted by Crippen LogP contribution is -2.46. The summed E-state index contributed by atoms with van der Waals surface area (Å²) in [6.07, 6.45) is 1.84. The van der Waals surface area contributed by atoms with Crippen LogP contribution in [0.25, 0.3) is 0 Å². The molecule has 0 saturated carbocycles. The molecule has 1 saturated heterocycles. The highest BCUT2D eigenvalue weighted by atomic mass is 32.1. The lowest BCUT2D eigenvalue weighted by Gasteiger charge is -2.32. The fraction of sp³-hybridized carbons (Fsp3) is 0.615. The second kappa shape index (κ2) is 4.88. The zero-order valence-electron chi connectivity index (χ0n) is 9.95. The van der Waals surface area contributed by atoms with Crippen LogP contribution in [-0.4, -0.2) is 43.4 Å². The zero-order chi connectivity index (χ0) is 11.7. The van der Waals surface area contributed by atoms with Crippen molar-refractivity contribution in [3.05, 3.63) is 21.9 Å². The van der Waals surface area contributed by atoms with E-state index in [0.717, 1.165) is 51.1 Å². The molecule has 1 aliphatic carbocycles. The van der Waals surface area contributed by atoms with Crippen molar-refractivity contribution in [2.24, 2.45) is 5.92 Å². The Morgan fingerprint density at radius 1 is 1.35 bits per heavy atom. The first kappa shape index (κ1) is 11.4. The molecule has 0 amide bonds. The molecule has 1 aliphatic heterocycles. The van der Waals surface area contributed by atoms with Crippen LogP contribution in [0.2, 0.25) is 0 Å². The van der Waals surface area contributed by atoms with Crippen molar-refractivity contribution in [1.82, 2.24) is 10.2 Å². The number of hydrogen-bond donors (Lipinski definition) is 1. The van der Waals surface area contributed by atoms with Crippen LogP contribution in [0.3, 0.4) is 0 Å². The maximum absolute atomic E-state index is 12.0. The molecule has 1 unspecified atom stereocenters. The van der Waals surface area contributed by atoms with Crippen molar-refractivity contribution in [3.63, 3.8) is 0 Å². The van der Waals surface area contributed by atoms with Gasteiger partial charge in [-0.25, -0.2) is 0 Å². The minimum absolute atomic E-state index is 0.354. The Balaban J connectivity index is 1.64. The van der Waals surface area contributed by atoms with E-state index in [1.807, 2.05) is 6.07 Å². The summed E-state index contributed by atoms with van der Waals surface area (Å²) < 4.78 is 0. The van der Waals surface area contributed by atoms with Crippen LogP contribution in [0.1, 0.15) is 21.7 Å². The molecular formula is C13H18N2OS. The Bertz CT molecular complexity index is 409. The first-order chi connectivity index (χ1) is 8.33. The summed E-state index contributed by atoms with van der Waals surface area (Å²) in [5.74, 6) is 0.888. The number of ketones is 1. The van der Waals surface area contributed by atoms with Gasteiger partial charge in [-0.3, -0.25) is 4.79 Å². The third kappa shape index (κ3) is 2.44. The quantitative estimate of drug-likeness (QED) is 0.861. The molecule has 0 bridgehead atoms. The molecule has 1 aromatic rings. The molecule has 0 radical (unpaired) electrons. The SMILES string of the molecule is O=C1CC(CN2CCNCC2)Cc2sccc21. The molecule has 3 rings (SSSR count). The number of nitrogens with one attached hydrogen (secondary N) is 1. The molecule has 0 aromatic carbocycles. The Morgan fingerprint density at radius 3 is 3.00 bits per heavy atom. The Kier molecular flexibility index (Phi) is 3.27. The van der Waals surface area contributed by atoms with Gasteiger partial charge in [0.25, 0.3) is 0 Å². The number of carbonyl (C=O) groups is 1. The van der Waals surface area contributed by atoms with E-state index in [0.29, 0.717) is 11.7 Å². The van der Waals surface area contributed by atoms with Gasteiger partial charge in [0.1, 0.15) is 0 Å². The van der Waals surface area contributed by atoms with Gasteiger partial charge in [-0.05, 0) is 23.8 Å². The molecular weight excluding hydrogens is 232 g/mol. The molecule has 0 spiro atoms. The summed E-state index contributed by atoms with van der Waals surface area (Å²) in [5, 5.41) is 5.42. The first-order valence-corrected chi connectivity index (χ1v) is 7.23. The van der Waals surface area contributed by atoms with Crippen molar-refractivity contribution in [2.75, 3.05) is 32.7 Å². The monoisotopic (exact) mass is 250 g/mol. The zero-order valence-corrected chi connectivity index (χ0v) is 10.8. The average molecular weight is 250 g/mol. The minimum atomic E-state index is 0.354. The van der Waals surface area contributed by atoms with Gasteiger partial charge in [0, 0.05) is 49.6 Å². The average Bonchev–Trinajstić information content (AvgIpc) is 2.79. The van der Waals surface area contributed by atoms with Crippen LogP contribution in [0, 0.1) is 5.92 Å². The highest BCUT2D eigenvalue weighted by Crippen LogP contribution is 2.30. The summed E-state index contributed by atoms with van der Waals surface area (Å²) in [5.41, 5.74) is 0.992. The second-order valence-corrected chi connectivity index (χ2v) is 6.01. The fourth-order valence-corrected chi connectivity index (χ4v) is 3.85. The molecule has 1 atom stereocenters. The van der Waals surface area contributed by atoms with Crippen LogP contribution in [0.4, 0.5) is 0 Å². The van der Waals surface area contributed by atoms with Crippen molar-refractivity contribution < 1.29 is 4.79 Å². The Hall–Kier alpha value is -0.710. The standard InChI is InChI=1S/C13H18N2OS/c16-12-7-10(8-13-11(12)1-6-17-13)9-15-4-2-14-3-5-15/h1,6,10,14H,2-5,7-9H2. The molecule has 92 valence electrons. The van der Waals surface area contributed by atoms with Gasteiger partial charge in [0.15, 0.2) is 5.78 Å². The highest BCUT2D eigenvalue weighted by Gasteiger charge is 2.27. The van der Waals surface area contributed by atoms with E-state index >= 15 is 0 Å². The van der Waals surface area contributed by atoms with Gasteiger partial charge in [-0.2, -0.15) is 0 Å². The smallest absolute Gasteiger partial charge is 0.164 e. The molecule has 2 aliphatic rings. The number of hydrogen-bond acceptors (Lipinski definition) is 4. The molecule has 2 heterocycles. The highest BCUT2D eigenvalue weighted by molar-refractivity contribution is 7.10. The third-order valence-corrected chi connectivity index (χ3v) is 4.66. The Morgan fingerprint density at radius 2 is 2.18 bits per heavy atom. The lowest BCUT2D eigenvalue weighted by atomic mass is 9.87. The predicted octanol–water partition coefficient (Wildman–Crippen LogP) is 1.40. The number of carbonyl (C=O) groups excluding carboxylic acids is 1. The van der Waals surface area contributed by atoms with Crippen molar-refractivity contribution >= 4 is 17.1 Å². The van der Waals surface area contributed by atoms with Crippen molar-refractivity contribution in [3.8, 4) is 0 Å². The normalized spacial score (nSPS) is 25.9. The first-order valence-electron chi connectivity index (χ1n) is 6.35. The fourth-order valence-electron chi connectivity index (χ4n) is 2.84. The maximum Gasteiger partial charge on any atom is 0.164 e. The van der Waals surface area contributed by atoms with Crippen LogP contribution in [0.5, 0.6) is 0 Å². The summed E-state index contributed by atoms with van der Waals surface area (Å²) in [6, 6.07) is 1.99. The maximum atomic E-state index is 12.0. The number of thiophene rings is 1. The molecule has 1 N–H and O–H groups in total. The van der Waals surface area contributed by atoms with Gasteiger partial charge in [0.2, 0.25) is 0 Å². The van der Waals surface area contributed by atoms with E-state index in [-0.39, 0.29) is 0 Å². The van der Waals surface area contributed by atoms with Crippen molar-refractivity contribution in [1.29, 1.82) is 0 Å². The molecule has 3 nitrogen and oxygen atoms in total. The largest absolute Gasteiger partial charge is 0.314 e. The Labute approximate surface area is 106 Å². The van der Waals surface area contributed by atoms with Crippen LogP contribution in [0.15, 0.2) is 11.4 Å². The predicted molar refractivity (Wildman–Crippen MR) is 69.8 cm³/mol. The number of nitrogens with zero attached hydrogens (tertiary/aromatic N) is 1. The third-order valence-electron chi connectivity index (χ3n) is 3.72. The topological polar surface area (TPSA) is 32.3 Å². The summed E-state index contributed by atoms with van der Waals surface area (Å²) in [6.45, 7) is 5.52. The summed E-state index contributed by atoms with van der Waals surface area (Å²) in [7, 11) is 0. The van der Waals surface area contributed by atoms with Gasteiger partial charge >= 0.3 is 0 Å². The van der Waals surface area contributed by atoms with Crippen LogP contribution in [-0.2, 0) is 6.42 Å². The van der Waals surface area contributed by atoms with Gasteiger partial charge in [-0.1, -0.05) is 0 Å². The molecule has 1 aromatic heterocycles. The number of piperazine rings is 1. The summed E-state index contributed by atoms with van der Waals surface area (Å²) >= 11 is 1.74. The van der Waals surface area contributed by atoms with E-state index in [9.17, 15) is 4.79 Å². The van der Waals surface area contributed by atoms with E-state index in [4.69, 9.17) is 0 Å². The van der Waals surface area contributed by atoms with Gasteiger partial charge in [0.05, 0.1) is 0 Å². The molecule has 17 heavy (non-hydrogen) atoms.